The van der Waals surface area contributed by atoms with Gasteiger partial charge in [0, 0.05) is 13.0 Å². The molecule has 1 unspecified atom stereocenters. The van der Waals surface area contributed by atoms with Crippen LogP contribution in [0.5, 0.6) is 0 Å². The Morgan fingerprint density at radius 2 is 2.00 bits per heavy atom. The molecule has 0 spiro atoms. The molecule has 0 bridgehead atoms. The molecule has 5 nitrogen and oxygen atoms in total. The van der Waals surface area contributed by atoms with Crippen molar-refractivity contribution in [2.75, 3.05) is 12.9 Å². The summed E-state index contributed by atoms with van der Waals surface area (Å²) in [6.45, 7) is 0.568. The Labute approximate surface area is 127 Å². The number of hydrogen-bond donors (Lipinski definition) is 1. The third-order valence-electron chi connectivity index (χ3n) is 3.35. The maximum absolute atomic E-state index is 12.9. The van der Waals surface area contributed by atoms with Gasteiger partial charge in [-0.2, -0.15) is 0 Å². The zero-order valence-corrected chi connectivity index (χ0v) is 13.0. The first-order chi connectivity index (χ1) is 10.1. The molecule has 0 fully saturated rings. The van der Waals surface area contributed by atoms with E-state index in [1.165, 1.54) is 7.11 Å². The first-order valence-corrected chi connectivity index (χ1v) is 8.33. The monoisotopic (exact) mass is 333 g/mol. The fraction of sp³-hybridized carbons (Fsp3) is 0.500. The van der Waals surface area contributed by atoms with E-state index >= 15 is 0 Å². The van der Waals surface area contributed by atoms with Gasteiger partial charge in [-0.15, -0.1) is 0 Å². The second kappa shape index (κ2) is 5.92. The van der Waals surface area contributed by atoms with Gasteiger partial charge in [-0.3, -0.25) is 0 Å². The number of rotatable bonds is 5. The molecular formula is C14H17F2NO4S. The molecule has 22 heavy (non-hydrogen) atoms. The van der Waals surface area contributed by atoms with Gasteiger partial charge in [0.25, 0.3) is 5.92 Å². The number of carbonyl (C=O) groups is 1. The van der Waals surface area contributed by atoms with Crippen molar-refractivity contribution in [3.05, 3.63) is 34.9 Å². The van der Waals surface area contributed by atoms with E-state index < -0.39 is 33.7 Å². The largest absolute Gasteiger partial charge is 0.465 e. The number of benzene rings is 1. The molecule has 1 aromatic rings. The molecule has 1 aromatic carbocycles. The number of hydrogen-bond acceptors (Lipinski definition) is 4. The standard InChI is InChI=1S/C14H17F2NO4S/c1-14(15,16)8-22(19,20)17-12-6-9-3-4-10(13(18)21-2)5-11(9)7-12/h3-5,12,17H,6-8H2,1-2H3. The van der Waals surface area contributed by atoms with E-state index in [1.54, 1.807) is 18.2 Å². The molecule has 1 atom stereocenters. The number of nitrogens with one attached hydrogen (secondary N) is 1. The Balaban J connectivity index is 2.08. The van der Waals surface area contributed by atoms with E-state index in [0.29, 0.717) is 25.3 Å². The van der Waals surface area contributed by atoms with Crippen LogP contribution in [0.4, 0.5) is 8.78 Å². The van der Waals surface area contributed by atoms with Crippen LogP contribution in [0, 0.1) is 0 Å². The summed E-state index contributed by atoms with van der Waals surface area (Å²) < 4.78 is 56.1. The summed E-state index contributed by atoms with van der Waals surface area (Å²) >= 11 is 0. The third kappa shape index (κ3) is 4.23. The number of methoxy groups -OCH3 is 1. The zero-order chi connectivity index (χ0) is 16.5. The molecule has 1 aliphatic carbocycles. The van der Waals surface area contributed by atoms with Crippen LogP contribution in [0.2, 0.25) is 0 Å². The lowest BCUT2D eigenvalue weighted by Gasteiger charge is -2.15. The minimum atomic E-state index is -4.06. The van der Waals surface area contributed by atoms with E-state index in [0.717, 1.165) is 11.1 Å². The lowest BCUT2D eigenvalue weighted by molar-refractivity contribution is 0.0470. The smallest absolute Gasteiger partial charge is 0.337 e. The first kappa shape index (κ1) is 16.8. The Morgan fingerprint density at radius 3 is 2.59 bits per heavy atom. The topological polar surface area (TPSA) is 72.5 Å². The van der Waals surface area contributed by atoms with Crippen molar-refractivity contribution in [1.82, 2.24) is 4.72 Å². The highest BCUT2D eigenvalue weighted by Gasteiger charge is 2.33. The Bertz CT molecular complexity index is 683. The molecule has 2 rings (SSSR count). The fourth-order valence-corrected chi connectivity index (χ4v) is 4.00. The molecule has 122 valence electrons. The summed E-state index contributed by atoms with van der Waals surface area (Å²) in [5, 5.41) is 0. The van der Waals surface area contributed by atoms with Gasteiger partial charge in [-0.05, 0) is 36.1 Å². The Kier molecular flexibility index (Phi) is 4.53. The lowest BCUT2D eigenvalue weighted by Crippen LogP contribution is -2.40. The molecule has 0 radical (unpaired) electrons. The summed E-state index contributed by atoms with van der Waals surface area (Å²) in [7, 11) is -2.79. The van der Waals surface area contributed by atoms with Gasteiger partial charge in [0.2, 0.25) is 10.0 Å². The zero-order valence-electron chi connectivity index (χ0n) is 12.2. The summed E-state index contributed by atoms with van der Waals surface area (Å²) in [4.78, 5) is 11.5. The molecule has 0 saturated carbocycles. The molecule has 0 amide bonds. The normalized spacial score (nSPS) is 18.1. The molecule has 0 heterocycles. The average molecular weight is 333 g/mol. The van der Waals surface area contributed by atoms with Crippen LogP contribution in [-0.2, 0) is 27.6 Å². The number of ether oxygens (including phenoxy) is 1. The van der Waals surface area contributed by atoms with Gasteiger partial charge < -0.3 is 4.74 Å². The van der Waals surface area contributed by atoms with Crippen LogP contribution < -0.4 is 4.72 Å². The van der Waals surface area contributed by atoms with Crippen molar-refractivity contribution >= 4 is 16.0 Å². The number of fused-ring (bicyclic) bond motifs is 1. The third-order valence-corrected chi connectivity index (χ3v) is 4.93. The van der Waals surface area contributed by atoms with Crippen LogP contribution >= 0.6 is 0 Å². The highest BCUT2D eigenvalue weighted by molar-refractivity contribution is 7.89. The van der Waals surface area contributed by atoms with Gasteiger partial charge in [0.1, 0.15) is 5.75 Å². The maximum Gasteiger partial charge on any atom is 0.337 e. The molecule has 8 heteroatoms. The Morgan fingerprint density at radius 1 is 1.36 bits per heavy atom. The predicted molar refractivity (Wildman–Crippen MR) is 76.5 cm³/mol. The number of alkyl halides is 2. The summed E-state index contributed by atoms with van der Waals surface area (Å²) in [5.74, 6) is -4.99. The highest BCUT2D eigenvalue weighted by Crippen LogP contribution is 2.25. The molecule has 1 N–H and O–H groups in total. The van der Waals surface area contributed by atoms with Crippen molar-refractivity contribution in [2.45, 2.75) is 31.7 Å². The van der Waals surface area contributed by atoms with E-state index in [9.17, 15) is 22.0 Å². The molecule has 0 aromatic heterocycles. The molecule has 0 saturated heterocycles. The van der Waals surface area contributed by atoms with Crippen LogP contribution in [0.3, 0.4) is 0 Å². The molecular weight excluding hydrogens is 316 g/mol. The van der Waals surface area contributed by atoms with Crippen molar-refractivity contribution in [2.24, 2.45) is 0 Å². The predicted octanol–water partition coefficient (Wildman–Crippen LogP) is 1.51. The number of carbonyl (C=O) groups excluding carboxylic acids is 1. The fourth-order valence-electron chi connectivity index (χ4n) is 2.58. The minimum absolute atomic E-state index is 0.356. The number of sulfonamides is 1. The summed E-state index contributed by atoms with van der Waals surface area (Å²) in [5.41, 5.74) is 2.09. The number of esters is 1. The van der Waals surface area contributed by atoms with Crippen molar-refractivity contribution in [1.29, 1.82) is 0 Å². The summed E-state index contributed by atoms with van der Waals surface area (Å²) in [6.07, 6.45) is 0.764. The van der Waals surface area contributed by atoms with Crippen LogP contribution in [0.15, 0.2) is 18.2 Å². The quantitative estimate of drug-likeness (QED) is 0.829. The van der Waals surface area contributed by atoms with Crippen LogP contribution in [-0.4, -0.2) is 39.2 Å². The van der Waals surface area contributed by atoms with Gasteiger partial charge >= 0.3 is 5.97 Å². The summed E-state index contributed by atoms with van der Waals surface area (Å²) in [6, 6.07) is 4.49. The van der Waals surface area contributed by atoms with E-state index in [2.05, 4.69) is 9.46 Å². The first-order valence-electron chi connectivity index (χ1n) is 6.67. The lowest BCUT2D eigenvalue weighted by atomic mass is 10.1. The van der Waals surface area contributed by atoms with Crippen molar-refractivity contribution in [3.63, 3.8) is 0 Å². The van der Waals surface area contributed by atoms with Gasteiger partial charge in [0.15, 0.2) is 0 Å². The van der Waals surface area contributed by atoms with Gasteiger partial charge in [-0.25, -0.2) is 26.7 Å². The second-order valence-corrected chi connectivity index (χ2v) is 7.28. The maximum atomic E-state index is 12.9. The average Bonchev–Trinajstić information content (AvgIpc) is 2.74. The highest BCUT2D eigenvalue weighted by atomic mass is 32.2. The van der Waals surface area contributed by atoms with Crippen molar-refractivity contribution < 1.29 is 26.7 Å². The van der Waals surface area contributed by atoms with E-state index in [-0.39, 0.29) is 0 Å². The van der Waals surface area contributed by atoms with Gasteiger partial charge in [0.05, 0.1) is 12.7 Å². The number of halogens is 2. The minimum Gasteiger partial charge on any atom is -0.465 e. The molecule has 1 aliphatic rings. The van der Waals surface area contributed by atoms with Crippen LogP contribution in [0.1, 0.15) is 28.4 Å². The second-order valence-electron chi connectivity index (χ2n) is 5.53. The van der Waals surface area contributed by atoms with Crippen LogP contribution in [0.25, 0.3) is 0 Å². The van der Waals surface area contributed by atoms with Gasteiger partial charge in [-0.1, -0.05) is 6.07 Å². The van der Waals surface area contributed by atoms with E-state index in [1.807, 2.05) is 0 Å². The SMILES string of the molecule is COC(=O)c1ccc2c(c1)CC(NS(=O)(=O)CC(C)(F)F)C2. The van der Waals surface area contributed by atoms with Crippen molar-refractivity contribution in [3.8, 4) is 0 Å². The molecule has 0 aliphatic heterocycles. The Hall–Kier alpha value is -1.54. The van der Waals surface area contributed by atoms with E-state index in [4.69, 9.17) is 0 Å².